The SMILES string of the molecule is CC(CNC(=O)Nc1ccccc1OCC(=O)O)N(C)C. The predicted molar refractivity (Wildman–Crippen MR) is 79.7 cm³/mol. The van der Waals surface area contributed by atoms with Crippen LogP contribution in [0.3, 0.4) is 0 Å². The Bertz CT molecular complexity index is 491. The molecule has 1 rings (SSSR count). The first-order valence-electron chi connectivity index (χ1n) is 6.55. The summed E-state index contributed by atoms with van der Waals surface area (Å²) in [5.41, 5.74) is 0.425. The second-order valence-electron chi connectivity index (χ2n) is 4.83. The van der Waals surface area contributed by atoms with Crippen LogP contribution in [0.25, 0.3) is 0 Å². The highest BCUT2D eigenvalue weighted by atomic mass is 16.5. The maximum Gasteiger partial charge on any atom is 0.341 e. The summed E-state index contributed by atoms with van der Waals surface area (Å²) in [6.07, 6.45) is 0. The van der Waals surface area contributed by atoms with Crippen molar-refractivity contribution in [3.8, 4) is 5.75 Å². The Kier molecular flexibility index (Phi) is 6.48. The molecule has 0 spiro atoms. The Hall–Kier alpha value is -2.28. The molecule has 0 saturated heterocycles. The third-order valence-corrected chi connectivity index (χ3v) is 2.93. The number of urea groups is 1. The number of carbonyl (C=O) groups excluding carboxylic acids is 1. The Balaban J connectivity index is 2.57. The fourth-order valence-corrected chi connectivity index (χ4v) is 1.42. The smallest absolute Gasteiger partial charge is 0.341 e. The summed E-state index contributed by atoms with van der Waals surface area (Å²) in [5, 5.41) is 14.0. The minimum Gasteiger partial charge on any atom is -0.480 e. The number of nitrogens with one attached hydrogen (secondary N) is 2. The summed E-state index contributed by atoms with van der Waals surface area (Å²) in [6, 6.07) is 6.51. The van der Waals surface area contributed by atoms with Crippen molar-refractivity contribution in [1.82, 2.24) is 10.2 Å². The molecule has 0 heterocycles. The summed E-state index contributed by atoms with van der Waals surface area (Å²) < 4.78 is 5.11. The number of rotatable bonds is 7. The quantitative estimate of drug-likeness (QED) is 0.703. The third-order valence-electron chi connectivity index (χ3n) is 2.93. The predicted octanol–water partition coefficient (Wildman–Crippen LogP) is 1.22. The highest BCUT2D eigenvalue weighted by molar-refractivity contribution is 5.91. The molecule has 7 heteroatoms. The van der Waals surface area contributed by atoms with Crippen molar-refractivity contribution in [2.45, 2.75) is 13.0 Å². The Morgan fingerprint density at radius 1 is 1.33 bits per heavy atom. The van der Waals surface area contributed by atoms with Crippen molar-refractivity contribution < 1.29 is 19.4 Å². The standard InChI is InChI=1S/C14H21N3O4/c1-10(17(2)3)8-15-14(20)16-11-6-4-5-7-12(11)21-9-13(18)19/h4-7,10H,8-9H2,1-3H3,(H,18,19)(H2,15,16,20). The molecular weight excluding hydrogens is 274 g/mol. The number of carboxylic acids is 1. The van der Waals surface area contributed by atoms with Gasteiger partial charge in [-0.2, -0.15) is 0 Å². The summed E-state index contributed by atoms with van der Waals surface area (Å²) in [6.45, 7) is 2.03. The zero-order valence-electron chi connectivity index (χ0n) is 12.4. The molecule has 2 amide bonds. The largest absolute Gasteiger partial charge is 0.480 e. The number of nitrogens with zero attached hydrogens (tertiary/aromatic N) is 1. The minimum absolute atomic E-state index is 0.203. The maximum absolute atomic E-state index is 11.8. The fraction of sp³-hybridized carbons (Fsp3) is 0.429. The van der Waals surface area contributed by atoms with E-state index < -0.39 is 12.6 Å². The van der Waals surface area contributed by atoms with Crippen molar-refractivity contribution >= 4 is 17.7 Å². The average Bonchev–Trinajstić information content (AvgIpc) is 2.43. The van der Waals surface area contributed by atoms with E-state index in [0.717, 1.165) is 0 Å². The molecule has 0 aliphatic rings. The lowest BCUT2D eigenvalue weighted by molar-refractivity contribution is -0.139. The van der Waals surface area contributed by atoms with Gasteiger partial charge in [0.25, 0.3) is 0 Å². The van der Waals surface area contributed by atoms with E-state index in [9.17, 15) is 9.59 Å². The van der Waals surface area contributed by atoms with E-state index in [1.54, 1.807) is 24.3 Å². The molecule has 1 aromatic rings. The normalized spacial score (nSPS) is 11.8. The van der Waals surface area contributed by atoms with Gasteiger partial charge in [-0.25, -0.2) is 9.59 Å². The number of hydrogen-bond donors (Lipinski definition) is 3. The van der Waals surface area contributed by atoms with Crippen LogP contribution in [0.15, 0.2) is 24.3 Å². The first kappa shape index (κ1) is 16.8. The number of ether oxygens (including phenoxy) is 1. The van der Waals surface area contributed by atoms with E-state index in [2.05, 4.69) is 10.6 Å². The summed E-state index contributed by atoms with van der Waals surface area (Å²) >= 11 is 0. The number of likely N-dealkylation sites (N-methyl/N-ethyl adjacent to an activating group) is 1. The van der Waals surface area contributed by atoms with Crippen LogP contribution >= 0.6 is 0 Å². The van der Waals surface area contributed by atoms with Crippen molar-refractivity contribution in [3.63, 3.8) is 0 Å². The van der Waals surface area contributed by atoms with E-state index in [1.807, 2.05) is 25.9 Å². The Morgan fingerprint density at radius 3 is 2.62 bits per heavy atom. The molecule has 1 aromatic carbocycles. The number of aliphatic carboxylic acids is 1. The van der Waals surface area contributed by atoms with Crippen LogP contribution in [-0.4, -0.2) is 55.3 Å². The number of amides is 2. The number of benzene rings is 1. The zero-order valence-corrected chi connectivity index (χ0v) is 12.4. The first-order chi connectivity index (χ1) is 9.90. The Morgan fingerprint density at radius 2 is 2.00 bits per heavy atom. The van der Waals surface area contributed by atoms with Gasteiger partial charge in [0, 0.05) is 12.6 Å². The number of carboxylic acid groups (broad SMARTS) is 1. The molecule has 21 heavy (non-hydrogen) atoms. The molecule has 0 aromatic heterocycles. The monoisotopic (exact) mass is 295 g/mol. The molecule has 7 nitrogen and oxygen atoms in total. The number of hydrogen-bond acceptors (Lipinski definition) is 4. The van der Waals surface area contributed by atoms with Gasteiger partial charge in [0.2, 0.25) is 0 Å². The van der Waals surface area contributed by atoms with Gasteiger partial charge in [0.05, 0.1) is 5.69 Å². The Labute approximate surface area is 123 Å². The second-order valence-corrected chi connectivity index (χ2v) is 4.83. The highest BCUT2D eigenvalue weighted by Crippen LogP contribution is 2.23. The number of anilines is 1. The van der Waals surface area contributed by atoms with E-state index in [-0.39, 0.29) is 12.1 Å². The van der Waals surface area contributed by atoms with Gasteiger partial charge in [-0.3, -0.25) is 0 Å². The van der Waals surface area contributed by atoms with Gasteiger partial charge >= 0.3 is 12.0 Å². The molecule has 0 saturated carbocycles. The van der Waals surface area contributed by atoms with Gasteiger partial charge in [-0.15, -0.1) is 0 Å². The number of carbonyl (C=O) groups is 2. The molecule has 0 aliphatic carbocycles. The molecule has 116 valence electrons. The van der Waals surface area contributed by atoms with Crippen LogP contribution in [-0.2, 0) is 4.79 Å². The highest BCUT2D eigenvalue weighted by Gasteiger charge is 2.10. The van der Waals surface area contributed by atoms with Gasteiger partial charge in [0.15, 0.2) is 6.61 Å². The van der Waals surface area contributed by atoms with Crippen molar-refractivity contribution in [2.24, 2.45) is 0 Å². The molecule has 1 atom stereocenters. The topological polar surface area (TPSA) is 90.9 Å². The van der Waals surface area contributed by atoms with Crippen molar-refractivity contribution in [1.29, 1.82) is 0 Å². The summed E-state index contributed by atoms with van der Waals surface area (Å²) in [4.78, 5) is 24.3. The van der Waals surface area contributed by atoms with Crippen LogP contribution in [0.4, 0.5) is 10.5 Å². The van der Waals surface area contributed by atoms with E-state index >= 15 is 0 Å². The molecule has 1 unspecified atom stereocenters. The van der Waals surface area contributed by atoms with Crippen LogP contribution in [0.1, 0.15) is 6.92 Å². The maximum atomic E-state index is 11.8. The van der Waals surface area contributed by atoms with Crippen LogP contribution in [0, 0.1) is 0 Å². The lowest BCUT2D eigenvalue weighted by Gasteiger charge is -2.20. The molecule has 3 N–H and O–H groups in total. The zero-order chi connectivity index (χ0) is 15.8. The molecular formula is C14H21N3O4. The van der Waals surface area contributed by atoms with Crippen LogP contribution < -0.4 is 15.4 Å². The number of para-hydroxylation sites is 2. The second kappa shape index (κ2) is 8.11. The van der Waals surface area contributed by atoms with Crippen molar-refractivity contribution in [2.75, 3.05) is 32.6 Å². The molecule has 0 aliphatic heterocycles. The summed E-state index contributed by atoms with van der Waals surface area (Å²) in [5.74, 6) is -0.759. The van der Waals surface area contributed by atoms with Gasteiger partial charge in [0.1, 0.15) is 5.75 Å². The minimum atomic E-state index is -1.07. The van der Waals surface area contributed by atoms with E-state index in [1.165, 1.54) is 0 Å². The molecule has 0 fully saturated rings. The first-order valence-corrected chi connectivity index (χ1v) is 6.55. The van der Waals surface area contributed by atoms with Gasteiger partial charge in [-0.1, -0.05) is 12.1 Å². The van der Waals surface area contributed by atoms with Crippen molar-refractivity contribution in [3.05, 3.63) is 24.3 Å². The third kappa shape index (κ3) is 6.13. The van der Waals surface area contributed by atoms with Crippen LogP contribution in [0.2, 0.25) is 0 Å². The van der Waals surface area contributed by atoms with Gasteiger partial charge < -0.3 is 25.4 Å². The lowest BCUT2D eigenvalue weighted by atomic mass is 10.3. The summed E-state index contributed by atoms with van der Waals surface area (Å²) in [7, 11) is 3.86. The molecule has 0 radical (unpaired) electrons. The van der Waals surface area contributed by atoms with Gasteiger partial charge in [-0.05, 0) is 33.2 Å². The molecule has 0 bridgehead atoms. The van der Waals surface area contributed by atoms with Crippen LogP contribution in [0.5, 0.6) is 5.75 Å². The van der Waals surface area contributed by atoms with E-state index in [0.29, 0.717) is 18.0 Å². The fourth-order valence-electron chi connectivity index (χ4n) is 1.42. The lowest BCUT2D eigenvalue weighted by Crippen LogP contribution is -2.40. The van der Waals surface area contributed by atoms with E-state index in [4.69, 9.17) is 9.84 Å². The average molecular weight is 295 g/mol.